The van der Waals surface area contributed by atoms with E-state index in [-0.39, 0.29) is 23.6 Å². The third-order valence-electron chi connectivity index (χ3n) is 4.84. The second-order valence-corrected chi connectivity index (χ2v) is 7.03. The molecule has 0 saturated carbocycles. The molecule has 3 heterocycles. The van der Waals surface area contributed by atoms with Crippen molar-refractivity contribution in [3.63, 3.8) is 0 Å². The summed E-state index contributed by atoms with van der Waals surface area (Å²) in [5, 5.41) is 5.86. The Kier molecular flexibility index (Phi) is 5.11. The first-order valence-corrected chi connectivity index (χ1v) is 9.35. The number of rotatable bonds is 4. The molecule has 0 radical (unpaired) electrons. The first-order valence-electron chi connectivity index (χ1n) is 9.35. The largest absolute Gasteiger partial charge is 0.433 e. The highest BCUT2D eigenvalue weighted by atomic mass is 19.4. The second kappa shape index (κ2) is 7.74. The predicted octanol–water partition coefficient (Wildman–Crippen LogP) is 4.62. The molecule has 0 aliphatic carbocycles. The molecule has 1 aliphatic rings. The van der Waals surface area contributed by atoms with Crippen LogP contribution < -0.4 is 10.6 Å². The summed E-state index contributed by atoms with van der Waals surface area (Å²) in [5.74, 6) is 0.0171. The van der Waals surface area contributed by atoms with Crippen LogP contribution in [0.3, 0.4) is 0 Å². The number of pyridine rings is 1. The molecule has 2 N–H and O–H groups in total. The van der Waals surface area contributed by atoms with E-state index in [0.29, 0.717) is 18.4 Å². The molecule has 0 bridgehead atoms. The Bertz CT molecular complexity index is 1090. The van der Waals surface area contributed by atoms with Crippen molar-refractivity contribution < 1.29 is 18.0 Å². The van der Waals surface area contributed by atoms with Gasteiger partial charge in [-0.05, 0) is 42.7 Å². The maximum Gasteiger partial charge on any atom is 0.433 e. The average molecular weight is 413 g/mol. The number of fused-ring (bicyclic) bond motifs is 1. The van der Waals surface area contributed by atoms with E-state index in [9.17, 15) is 18.0 Å². The number of hydrogen-bond acceptors (Lipinski definition) is 5. The minimum Gasteiger partial charge on any atom is -0.363 e. The van der Waals surface area contributed by atoms with Crippen LogP contribution in [-0.2, 0) is 17.4 Å². The first-order chi connectivity index (χ1) is 14.3. The molecule has 3 aromatic rings. The Hall–Kier alpha value is -3.49. The lowest BCUT2D eigenvalue weighted by molar-refractivity contribution is -0.141. The van der Waals surface area contributed by atoms with E-state index in [4.69, 9.17) is 0 Å². The molecule has 154 valence electrons. The van der Waals surface area contributed by atoms with Crippen LogP contribution in [0.1, 0.15) is 36.2 Å². The maximum absolute atomic E-state index is 13.4. The summed E-state index contributed by atoms with van der Waals surface area (Å²) in [6.07, 6.45) is -0.621. The number of hydrogen-bond donors (Lipinski definition) is 2. The molecular weight excluding hydrogens is 395 g/mol. The van der Waals surface area contributed by atoms with Crippen LogP contribution in [0, 0.1) is 0 Å². The van der Waals surface area contributed by atoms with Crippen molar-refractivity contribution in [3.05, 3.63) is 65.6 Å². The smallest absolute Gasteiger partial charge is 0.363 e. The predicted molar refractivity (Wildman–Crippen MR) is 106 cm³/mol. The van der Waals surface area contributed by atoms with Crippen molar-refractivity contribution in [2.45, 2.75) is 32.0 Å². The van der Waals surface area contributed by atoms with Crippen molar-refractivity contribution in [1.82, 2.24) is 15.0 Å². The second-order valence-electron chi connectivity index (χ2n) is 7.03. The van der Waals surface area contributed by atoms with Gasteiger partial charge in [0.1, 0.15) is 5.82 Å². The zero-order valence-corrected chi connectivity index (χ0v) is 16.0. The molecule has 2 aromatic heterocycles. The molecule has 1 aliphatic heterocycles. The van der Waals surface area contributed by atoms with Crippen molar-refractivity contribution >= 4 is 17.4 Å². The lowest BCUT2D eigenvalue weighted by atomic mass is 9.98. The number of nitrogens with zero attached hydrogens (tertiary/aromatic N) is 3. The molecule has 1 amide bonds. The van der Waals surface area contributed by atoms with Gasteiger partial charge >= 0.3 is 6.18 Å². The third kappa shape index (κ3) is 4.24. The molecule has 30 heavy (non-hydrogen) atoms. The Morgan fingerprint density at radius 1 is 1.07 bits per heavy atom. The maximum atomic E-state index is 13.4. The molecule has 6 nitrogen and oxygen atoms in total. The zero-order valence-electron chi connectivity index (χ0n) is 16.0. The Morgan fingerprint density at radius 2 is 1.83 bits per heavy atom. The molecule has 1 aromatic carbocycles. The zero-order chi connectivity index (χ0) is 21.3. The van der Waals surface area contributed by atoms with E-state index in [2.05, 4.69) is 25.6 Å². The fraction of sp³-hybridized carbons (Fsp3) is 0.238. The normalized spacial score (nSPS) is 14.6. The number of aryl methyl sites for hydroxylation is 1. The number of benzene rings is 1. The number of carbonyl (C=O) groups excluding carboxylic acids is 1. The summed E-state index contributed by atoms with van der Waals surface area (Å²) >= 11 is 0. The molecule has 1 atom stereocenters. The number of halogens is 3. The Balaban J connectivity index is 1.64. The van der Waals surface area contributed by atoms with Crippen molar-refractivity contribution in [3.8, 4) is 11.4 Å². The fourth-order valence-corrected chi connectivity index (χ4v) is 3.27. The Morgan fingerprint density at radius 3 is 2.57 bits per heavy atom. The van der Waals surface area contributed by atoms with Crippen molar-refractivity contribution in [2.24, 2.45) is 0 Å². The molecule has 0 saturated heterocycles. The van der Waals surface area contributed by atoms with Gasteiger partial charge in [-0.3, -0.25) is 9.78 Å². The molecule has 1 unspecified atom stereocenters. The topological polar surface area (TPSA) is 79.8 Å². The van der Waals surface area contributed by atoms with Gasteiger partial charge in [-0.25, -0.2) is 9.97 Å². The lowest BCUT2D eigenvalue weighted by Gasteiger charge is -2.21. The quantitative estimate of drug-likeness (QED) is 0.653. The van der Waals surface area contributed by atoms with Gasteiger partial charge in [0.25, 0.3) is 0 Å². The minimum atomic E-state index is -4.60. The highest BCUT2D eigenvalue weighted by Gasteiger charge is 2.34. The summed E-state index contributed by atoms with van der Waals surface area (Å²) < 4.78 is 40.1. The van der Waals surface area contributed by atoms with Crippen LogP contribution >= 0.6 is 0 Å². The van der Waals surface area contributed by atoms with Crippen LogP contribution in [0.2, 0.25) is 0 Å². The van der Waals surface area contributed by atoms with Gasteiger partial charge in [0.05, 0.1) is 0 Å². The molecular formula is C21H18F3N5O. The highest BCUT2D eigenvalue weighted by molar-refractivity contribution is 5.93. The number of aromatic nitrogens is 3. The summed E-state index contributed by atoms with van der Waals surface area (Å²) in [4.78, 5) is 23.3. The van der Waals surface area contributed by atoms with Gasteiger partial charge in [-0.15, -0.1) is 0 Å². The van der Waals surface area contributed by atoms with E-state index in [1.165, 1.54) is 12.4 Å². The first kappa shape index (κ1) is 19.8. The van der Waals surface area contributed by atoms with Crippen molar-refractivity contribution in [1.29, 1.82) is 0 Å². The SMILES string of the molecule is CC(Nc1cc(C(F)(F)F)nc(-c2ccncc2)n1)c1ccc2c(c1)CCC(=O)N2. The monoisotopic (exact) mass is 413 g/mol. The Labute approximate surface area is 170 Å². The van der Waals surface area contributed by atoms with Crippen LogP contribution in [-0.4, -0.2) is 20.9 Å². The van der Waals surface area contributed by atoms with Crippen LogP contribution in [0.15, 0.2) is 48.8 Å². The van der Waals surface area contributed by atoms with Crippen LogP contribution in [0.25, 0.3) is 11.4 Å². The highest BCUT2D eigenvalue weighted by Crippen LogP contribution is 2.32. The van der Waals surface area contributed by atoms with E-state index < -0.39 is 11.9 Å². The summed E-state index contributed by atoms with van der Waals surface area (Å²) in [5.41, 5.74) is 2.06. The van der Waals surface area contributed by atoms with Gasteiger partial charge < -0.3 is 10.6 Å². The number of anilines is 2. The molecule has 4 rings (SSSR count). The fourth-order valence-electron chi connectivity index (χ4n) is 3.27. The number of alkyl halides is 3. The standard InChI is InChI=1S/C21H18F3N5O/c1-12(14-2-4-16-15(10-14)3-5-19(30)27-16)26-18-11-17(21(22,23)24)28-20(29-18)13-6-8-25-9-7-13/h2,4,6-12H,3,5H2,1H3,(H,27,30)(H,26,28,29). The van der Waals surface area contributed by atoms with Gasteiger partial charge in [-0.1, -0.05) is 12.1 Å². The van der Waals surface area contributed by atoms with Gasteiger partial charge in [0.2, 0.25) is 5.91 Å². The number of nitrogens with one attached hydrogen (secondary N) is 2. The van der Waals surface area contributed by atoms with E-state index in [1.54, 1.807) is 12.1 Å². The van der Waals surface area contributed by atoms with Crippen LogP contribution in [0.4, 0.5) is 24.7 Å². The molecule has 0 spiro atoms. The summed E-state index contributed by atoms with van der Waals surface area (Å²) in [6, 6.07) is 9.29. The lowest BCUT2D eigenvalue weighted by Crippen LogP contribution is -2.19. The molecule has 0 fully saturated rings. The van der Waals surface area contributed by atoms with Crippen molar-refractivity contribution in [2.75, 3.05) is 10.6 Å². The van der Waals surface area contributed by atoms with Gasteiger partial charge in [0, 0.05) is 42.2 Å². The summed E-state index contributed by atoms with van der Waals surface area (Å²) in [6.45, 7) is 1.84. The number of carbonyl (C=O) groups is 1. The van der Waals surface area contributed by atoms with Gasteiger partial charge in [0.15, 0.2) is 11.5 Å². The van der Waals surface area contributed by atoms with Crippen LogP contribution in [0.5, 0.6) is 0 Å². The van der Waals surface area contributed by atoms with Gasteiger partial charge in [-0.2, -0.15) is 13.2 Å². The number of amides is 1. The third-order valence-corrected chi connectivity index (χ3v) is 4.84. The van der Waals surface area contributed by atoms with E-state index in [1.807, 2.05) is 25.1 Å². The summed E-state index contributed by atoms with van der Waals surface area (Å²) in [7, 11) is 0. The van der Waals surface area contributed by atoms with E-state index in [0.717, 1.165) is 22.9 Å². The average Bonchev–Trinajstić information content (AvgIpc) is 2.73. The minimum absolute atomic E-state index is 0.0225. The van der Waals surface area contributed by atoms with E-state index >= 15 is 0 Å². The molecule has 9 heteroatoms.